The van der Waals surface area contributed by atoms with E-state index in [9.17, 15) is 19.5 Å². The van der Waals surface area contributed by atoms with Crippen LogP contribution < -0.4 is 0 Å². The SMILES string of the molecule is C=CC(=O)OC(C)COC(=O)C1C2CCC(C2)C1C(=O)O. The lowest BCUT2D eigenvalue weighted by Crippen LogP contribution is -2.36. The molecule has 2 aliphatic carbocycles. The van der Waals surface area contributed by atoms with E-state index in [0.717, 1.165) is 25.3 Å². The van der Waals surface area contributed by atoms with Gasteiger partial charge in [0.15, 0.2) is 0 Å². The lowest BCUT2D eigenvalue weighted by Gasteiger charge is -2.26. The van der Waals surface area contributed by atoms with Crippen molar-refractivity contribution >= 4 is 17.9 Å². The van der Waals surface area contributed by atoms with Crippen molar-refractivity contribution in [3.8, 4) is 0 Å². The number of hydrogen-bond donors (Lipinski definition) is 1. The molecule has 2 aliphatic rings. The molecule has 0 aliphatic heterocycles. The third-order valence-corrected chi connectivity index (χ3v) is 4.42. The standard InChI is InChI=1S/C15H20O6/c1-3-11(16)21-8(2)7-20-15(19)13-10-5-4-9(6-10)12(13)14(17)18/h3,8-10,12-13H,1,4-7H2,2H3,(H,17,18). The summed E-state index contributed by atoms with van der Waals surface area (Å²) in [6.45, 7) is 4.81. The third kappa shape index (κ3) is 3.25. The van der Waals surface area contributed by atoms with E-state index < -0.39 is 35.8 Å². The minimum Gasteiger partial charge on any atom is -0.481 e. The normalized spacial score (nSPS) is 31.5. The molecule has 2 saturated carbocycles. The predicted molar refractivity (Wildman–Crippen MR) is 72.2 cm³/mol. The van der Waals surface area contributed by atoms with Crippen LogP contribution in [0.5, 0.6) is 0 Å². The molecule has 0 aromatic carbocycles. The Labute approximate surface area is 123 Å². The molecule has 0 spiro atoms. The van der Waals surface area contributed by atoms with Crippen LogP contribution in [-0.4, -0.2) is 35.7 Å². The molecule has 0 radical (unpaired) electrons. The van der Waals surface area contributed by atoms with Gasteiger partial charge in [0.25, 0.3) is 0 Å². The lowest BCUT2D eigenvalue weighted by molar-refractivity contribution is -0.164. The number of carbonyl (C=O) groups excluding carboxylic acids is 2. The van der Waals surface area contributed by atoms with Crippen molar-refractivity contribution < 1.29 is 29.0 Å². The zero-order chi connectivity index (χ0) is 15.6. The molecule has 0 aromatic heterocycles. The second-order valence-corrected chi connectivity index (χ2v) is 5.80. The van der Waals surface area contributed by atoms with Crippen LogP contribution in [0.25, 0.3) is 0 Å². The van der Waals surface area contributed by atoms with E-state index >= 15 is 0 Å². The van der Waals surface area contributed by atoms with E-state index in [2.05, 4.69) is 6.58 Å². The molecule has 2 bridgehead atoms. The van der Waals surface area contributed by atoms with E-state index in [1.54, 1.807) is 6.92 Å². The number of esters is 2. The summed E-state index contributed by atoms with van der Waals surface area (Å²) in [5.74, 6) is -3.00. The summed E-state index contributed by atoms with van der Waals surface area (Å²) < 4.78 is 10.1. The van der Waals surface area contributed by atoms with Crippen LogP contribution >= 0.6 is 0 Å². The van der Waals surface area contributed by atoms with Gasteiger partial charge in [0.05, 0.1) is 11.8 Å². The topological polar surface area (TPSA) is 89.9 Å². The van der Waals surface area contributed by atoms with Gasteiger partial charge < -0.3 is 14.6 Å². The van der Waals surface area contributed by atoms with Crippen LogP contribution in [0.2, 0.25) is 0 Å². The Balaban J connectivity index is 1.89. The van der Waals surface area contributed by atoms with Crippen molar-refractivity contribution in [1.82, 2.24) is 0 Å². The van der Waals surface area contributed by atoms with Gasteiger partial charge in [0.1, 0.15) is 12.7 Å². The third-order valence-electron chi connectivity index (χ3n) is 4.42. The minimum absolute atomic E-state index is 0.0708. The van der Waals surface area contributed by atoms with Crippen molar-refractivity contribution in [3.63, 3.8) is 0 Å². The highest BCUT2D eigenvalue weighted by Gasteiger charge is 2.54. The first-order valence-corrected chi connectivity index (χ1v) is 7.16. The second kappa shape index (κ2) is 6.28. The molecular weight excluding hydrogens is 276 g/mol. The fourth-order valence-corrected chi connectivity index (χ4v) is 3.56. The molecule has 0 saturated heterocycles. The van der Waals surface area contributed by atoms with Crippen LogP contribution in [0.3, 0.4) is 0 Å². The maximum atomic E-state index is 12.2. The van der Waals surface area contributed by atoms with Crippen molar-refractivity contribution in [2.24, 2.45) is 23.7 Å². The van der Waals surface area contributed by atoms with Crippen molar-refractivity contribution in [3.05, 3.63) is 12.7 Å². The van der Waals surface area contributed by atoms with Gasteiger partial charge in [0, 0.05) is 6.08 Å². The Bertz CT molecular complexity index is 457. The minimum atomic E-state index is -0.921. The molecule has 5 unspecified atom stereocenters. The van der Waals surface area contributed by atoms with E-state index in [1.165, 1.54) is 0 Å². The molecular formula is C15H20O6. The number of hydrogen-bond acceptors (Lipinski definition) is 5. The molecule has 6 heteroatoms. The number of carboxylic acids is 1. The Morgan fingerprint density at radius 2 is 1.90 bits per heavy atom. The molecule has 0 aromatic rings. The van der Waals surface area contributed by atoms with Crippen molar-refractivity contribution in [2.75, 3.05) is 6.61 Å². The van der Waals surface area contributed by atoms with Gasteiger partial charge in [-0.2, -0.15) is 0 Å². The van der Waals surface area contributed by atoms with Gasteiger partial charge in [-0.1, -0.05) is 6.58 Å². The molecule has 116 valence electrons. The van der Waals surface area contributed by atoms with Gasteiger partial charge in [0.2, 0.25) is 0 Å². The van der Waals surface area contributed by atoms with Crippen LogP contribution in [0.1, 0.15) is 26.2 Å². The molecule has 21 heavy (non-hydrogen) atoms. The first kappa shape index (κ1) is 15.5. The van der Waals surface area contributed by atoms with E-state index in [1.807, 2.05) is 0 Å². The number of carboxylic acid groups (broad SMARTS) is 1. The summed E-state index contributed by atoms with van der Waals surface area (Å²) >= 11 is 0. The largest absolute Gasteiger partial charge is 0.481 e. The maximum absolute atomic E-state index is 12.2. The summed E-state index contributed by atoms with van der Waals surface area (Å²) in [5, 5.41) is 9.29. The number of carbonyl (C=O) groups is 3. The highest BCUT2D eigenvalue weighted by molar-refractivity contribution is 5.83. The molecule has 0 heterocycles. The molecule has 2 rings (SSSR count). The number of aliphatic carboxylic acids is 1. The number of ether oxygens (including phenoxy) is 2. The van der Waals surface area contributed by atoms with Crippen molar-refractivity contribution in [2.45, 2.75) is 32.3 Å². The average molecular weight is 296 g/mol. The van der Waals surface area contributed by atoms with E-state index in [-0.39, 0.29) is 18.4 Å². The molecule has 5 atom stereocenters. The average Bonchev–Trinajstić information content (AvgIpc) is 3.04. The fraction of sp³-hybridized carbons (Fsp3) is 0.667. The van der Waals surface area contributed by atoms with Crippen LogP contribution in [0, 0.1) is 23.7 Å². The van der Waals surface area contributed by atoms with Crippen LogP contribution in [-0.2, 0) is 23.9 Å². The molecule has 6 nitrogen and oxygen atoms in total. The maximum Gasteiger partial charge on any atom is 0.330 e. The fourth-order valence-electron chi connectivity index (χ4n) is 3.56. The lowest BCUT2D eigenvalue weighted by atomic mass is 9.79. The molecule has 2 fully saturated rings. The Morgan fingerprint density at radius 1 is 1.29 bits per heavy atom. The van der Waals surface area contributed by atoms with Crippen LogP contribution in [0.15, 0.2) is 12.7 Å². The van der Waals surface area contributed by atoms with E-state index in [0.29, 0.717) is 0 Å². The van der Waals surface area contributed by atoms with Crippen LogP contribution in [0.4, 0.5) is 0 Å². The molecule has 1 N–H and O–H groups in total. The Hall–Kier alpha value is -1.85. The van der Waals surface area contributed by atoms with Crippen molar-refractivity contribution in [1.29, 1.82) is 0 Å². The second-order valence-electron chi connectivity index (χ2n) is 5.80. The first-order chi connectivity index (χ1) is 9.93. The summed E-state index contributed by atoms with van der Waals surface area (Å²) in [5.41, 5.74) is 0. The number of fused-ring (bicyclic) bond motifs is 2. The van der Waals surface area contributed by atoms with Gasteiger partial charge in [-0.15, -0.1) is 0 Å². The zero-order valence-corrected chi connectivity index (χ0v) is 12.0. The first-order valence-electron chi connectivity index (χ1n) is 7.16. The summed E-state index contributed by atoms with van der Waals surface area (Å²) in [7, 11) is 0. The Morgan fingerprint density at radius 3 is 2.48 bits per heavy atom. The highest BCUT2D eigenvalue weighted by atomic mass is 16.6. The highest BCUT2D eigenvalue weighted by Crippen LogP contribution is 2.52. The Kier molecular flexibility index (Phi) is 4.65. The van der Waals surface area contributed by atoms with E-state index in [4.69, 9.17) is 9.47 Å². The smallest absolute Gasteiger partial charge is 0.330 e. The number of rotatable bonds is 6. The van der Waals surface area contributed by atoms with Gasteiger partial charge >= 0.3 is 17.9 Å². The quantitative estimate of drug-likeness (QED) is 0.588. The molecule has 0 amide bonds. The van der Waals surface area contributed by atoms with Gasteiger partial charge in [-0.05, 0) is 38.0 Å². The zero-order valence-electron chi connectivity index (χ0n) is 12.0. The monoisotopic (exact) mass is 296 g/mol. The van der Waals surface area contributed by atoms with Gasteiger partial charge in [-0.25, -0.2) is 4.79 Å². The summed E-state index contributed by atoms with van der Waals surface area (Å²) in [6, 6.07) is 0. The summed E-state index contributed by atoms with van der Waals surface area (Å²) in [4.78, 5) is 34.5. The predicted octanol–water partition coefficient (Wildman–Crippen LogP) is 1.39. The summed E-state index contributed by atoms with van der Waals surface area (Å²) in [6.07, 6.45) is 3.00. The van der Waals surface area contributed by atoms with Gasteiger partial charge in [-0.3, -0.25) is 9.59 Å².